The van der Waals surface area contributed by atoms with Gasteiger partial charge in [-0.05, 0) is 25.7 Å². The smallest absolute Gasteiger partial charge is 0.305 e. The summed E-state index contributed by atoms with van der Waals surface area (Å²) in [5.74, 6) is -0.0156. The Morgan fingerprint density at radius 2 is 0.569 bits per heavy atom. The topological polar surface area (TPSA) is 95.9 Å². The number of unbranched alkanes of at least 4 members (excludes halogenated alkanes) is 52. The number of hydrogen-bond donors (Lipinski definition) is 3. The van der Waals surface area contributed by atoms with Gasteiger partial charge in [-0.15, -0.1) is 0 Å². The fourth-order valence-corrected chi connectivity index (χ4v) is 10.8. The molecular formula is C66H131NO5. The third-order valence-electron chi connectivity index (χ3n) is 15.9. The van der Waals surface area contributed by atoms with Crippen LogP contribution in [-0.2, 0) is 14.3 Å². The fourth-order valence-electron chi connectivity index (χ4n) is 10.8. The highest BCUT2D eigenvalue weighted by Crippen LogP contribution is 2.19. The number of aliphatic hydroxyl groups excluding tert-OH is 2. The van der Waals surface area contributed by atoms with Gasteiger partial charge in [-0.3, -0.25) is 9.59 Å². The summed E-state index contributed by atoms with van der Waals surface area (Å²) in [6, 6.07) is -0.541. The van der Waals surface area contributed by atoms with Crippen molar-refractivity contribution in [3.8, 4) is 0 Å². The van der Waals surface area contributed by atoms with E-state index in [1.807, 2.05) is 0 Å². The van der Waals surface area contributed by atoms with Crippen molar-refractivity contribution < 1.29 is 24.5 Å². The van der Waals surface area contributed by atoms with Crippen molar-refractivity contribution in [1.82, 2.24) is 5.32 Å². The second-order valence-electron chi connectivity index (χ2n) is 23.2. The first-order valence-corrected chi connectivity index (χ1v) is 33.3. The maximum absolute atomic E-state index is 12.5. The van der Waals surface area contributed by atoms with Gasteiger partial charge in [0.15, 0.2) is 0 Å². The highest BCUT2D eigenvalue weighted by molar-refractivity contribution is 5.76. The molecule has 0 aliphatic rings. The van der Waals surface area contributed by atoms with Crippen molar-refractivity contribution in [2.75, 3.05) is 13.2 Å². The molecule has 0 rings (SSSR count). The van der Waals surface area contributed by atoms with Gasteiger partial charge in [0.1, 0.15) is 0 Å². The molecular weight excluding hydrogens is 887 g/mol. The minimum absolute atomic E-state index is 0.0143. The van der Waals surface area contributed by atoms with Crippen LogP contribution in [0.15, 0.2) is 0 Å². The van der Waals surface area contributed by atoms with Gasteiger partial charge in [-0.2, -0.15) is 0 Å². The van der Waals surface area contributed by atoms with Crippen molar-refractivity contribution in [3.63, 3.8) is 0 Å². The number of carbonyl (C=O) groups is 2. The lowest BCUT2D eigenvalue weighted by Gasteiger charge is -2.22. The zero-order chi connectivity index (χ0) is 52.2. The molecule has 0 radical (unpaired) electrons. The Labute approximate surface area is 451 Å². The predicted octanol–water partition coefficient (Wildman–Crippen LogP) is 21.0. The van der Waals surface area contributed by atoms with E-state index in [4.69, 9.17) is 4.74 Å². The quantitative estimate of drug-likeness (QED) is 0.0417. The SMILES string of the molecule is CCCCCCCCCCCCCCCCCCCCCCCCC(O)C(CO)NC(=O)CCCCCCCCCCCCCCCCCCCCCCCCOC(=O)CCCCCCCCCCCCC. The molecule has 0 aliphatic heterocycles. The van der Waals surface area contributed by atoms with Gasteiger partial charge < -0.3 is 20.3 Å². The number of esters is 1. The van der Waals surface area contributed by atoms with Crippen LogP contribution >= 0.6 is 0 Å². The molecule has 72 heavy (non-hydrogen) atoms. The van der Waals surface area contributed by atoms with Crippen LogP contribution in [0, 0.1) is 0 Å². The average Bonchev–Trinajstić information content (AvgIpc) is 3.38. The van der Waals surface area contributed by atoms with Crippen LogP contribution in [0.2, 0.25) is 0 Å². The Balaban J connectivity index is 3.38. The van der Waals surface area contributed by atoms with Gasteiger partial charge in [0.2, 0.25) is 5.91 Å². The third-order valence-corrected chi connectivity index (χ3v) is 15.9. The Hall–Kier alpha value is -1.14. The van der Waals surface area contributed by atoms with E-state index in [1.165, 1.54) is 315 Å². The van der Waals surface area contributed by atoms with Gasteiger partial charge in [0.05, 0.1) is 25.4 Å². The van der Waals surface area contributed by atoms with Crippen LogP contribution in [0.3, 0.4) is 0 Å². The summed E-state index contributed by atoms with van der Waals surface area (Å²) >= 11 is 0. The molecule has 0 aliphatic carbocycles. The molecule has 2 atom stereocenters. The van der Waals surface area contributed by atoms with E-state index < -0.39 is 12.1 Å². The largest absolute Gasteiger partial charge is 0.466 e. The van der Waals surface area contributed by atoms with Crippen LogP contribution in [0.25, 0.3) is 0 Å². The summed E-state index contributed by atoms with van der Waals surface area (Å²) < 4.78 is 5.47. The average molecular weight is 1020 g/mol. The third kappa shape index (κ3) is 58.1. The van der Waals surface area contributed by atoms with Crippen molar-refractivity contribution >= 4 is 11.9 Å². The number of aliphatic hydroxyl groups is 2. The summed E-state index contributed by atoms with van der Waals surface area (Å²) in [5, 5.41) is 23.4. The van der Waals surface area contributed by atoms with E-state index in [1.54, 1.807) is 0 Å². The standard InChI is InChI=1S/C66H131NO5/c1-3-5-7-9-11-13-15-16-17-18-19-20-23-26-29-32-35-39-42-46-50-54-58-64(69)63(62-68)67-65(70)59-55-51-47-43-40-36-33-30-27-24-21-22-25-28-31-34-37-41-45-49-53-57-61-72-66(71)60-56-52-48-44-38-14-12-10-8-6-4-2/h63-64,68-69H,3-62H2,1-2H3,(H,67,70). The summed E-state index contributed by atoms with van der Waals surface area (Å²) in [6.45, 7) is 4.99. The normalized spacial score (nSPS) is 12.4. The number of ether oxygens (including phenoxy) is 1. The molecule has 0 spiro atoms. The molecule has 0 aromatic rings. The number of nitrogens with one attached hydrogen (secondary N) is 1. The van der Waals surface area contributed by atoms with Gasteiger partial charge in [0.25, 0.3) is 0 Å². The van der Waals surface area contributed by atoms with Crippen LogP contribution in [0.1, 0.15) is 386 Å². The lowest BCUT2D eigenvalue weighted by molar-refractivity contribution is -0.143. The number of hydrogen-bond acceptors (Lipinski definition) is 5. The van der Waals surface area contributed by atoms with Crippen molar-refractivity contribution in [3.05, 3.63) is 0 Å². The van der Waals surface area contributed by atoms with E-state index in [-0.39, 0.29) is 18.5 Å². The van der Waals surface area contributed by atoms with Crippen molar-refractivity contribution in [2.24, 2.45) is 0 Å². The van der Waals surface area contributed by atoms with E-state index in [0.717, 1.165) is 38.5 Å². The number of carbonyl (C=O) groups excluding carboxylic acids is 2. The highest BCUT2D eigenvalue weighted by atomic mass is 16.5. The Morgan fingerprint density at radius 1 is 0.333 bits per heavy atom. The van der Waals surface area contributed by atoms with E-state index in [2.05, 4.69) is 19.2 Å². The molecule has 0 heterocycles. The van der Waals surface area contributed by atoms with Crippen LogP contribution in [0.5, 0.6) is 0 Å². The molecule has 0 fully saturated rings. The Kier molecular flexibility index (Phi) is 61.4. The summed E-state index contributed by atoms with van der Waals surface area (Å²) in [5.41, 5.74) is 0. The van der Waals surface area contributed by atoms with Gasteiger partial charge in [-0.1, -0.05) is 348 Å². The van der Waals surface area contributed by atoms with Gasteiger partial charge >= 0.3 is 5.97 Å². The first kappa shape index (κ1) is 70.9. The molecule has 0 aromatic heterocycles. The van der Waals surface area contributed by atoms with Crippen LogP contribution in [0.4, 0.5) is 0 Å². The molecule has 6 heteroatoms. The zero-order valence-electron chi connectivity index (χ0n) is 49.2. The minimum Gasteiger partial charge on any atom is -0.466 e. The fraction of sp³-hybridized carbons (Fsp3) is 0.970. The maximum Gasteiger partial charge on any atom is 0.305 e. The molecule has 0 bridgehead atoms. The molecule has 430 valence electrons. The second kappa shape index (κ2) is 62.4. The van der Waals surface area contributed by atoms with E-state index >= 15 is 0 Å². The maximum atomic E-state index is 12.5. The summed E-state index contributed by atoms with van der Waals surface area (Å²) in [4.78, 5) is 24.5. The molecule has 3 N–H and O–H groups in total. The predicted molar refractivity (Wildman–Crippen MR) is 315 cm³/mol. The highest BCUT2D eigenvalue weighted by Gasteiger charge is 2.20. The molecule has 0 saturated carbocycles. The van der Waals surface area contributed by atoms with Gasteiger partial charge in [-0.25, -0.2) is 0 Å². The second-order valence-corrected chi connectivity index (χ2v) is 23.2. The lowest BCUT2D eigenvalue weighted by Crippen LogP contribution is -2.45. The monoisotopic (exact) mass is 1020 g/mol. The molecule has 0 saturated heterocycles. The summed E-state index contributed by atoms with van der Waals surface area (Å²) in [6.07, 6.45) is 74.1. The van der Waals surface area contributed by atoms with E-state index in [9.17, 15) is 19.8 Å². The van der Waals surface area contributed by atoms with Gasteiger partial charge in [0, 0.05) is 12.8 Å². The minimum atomic E-state index is -0.664. The van der Waals surface area contributed by atoms with Crippen molar-refractivity contribution in [2.45, 2.75) is 398 Å². The first-order chi connectivity index (χ1) is 35.5. The Morgan fingerprint density at radius 3 is 0.847 bits per heavy atom. The molecule has 1 amide bonds. The number of amides is 1. The molecule has 6 nitrogen and oxygen atoms in total. The lowest BCUT2D eigenvalue weighted by atomic mass is 10.0. The Bertz CT molecular complexity index is 1040. The zero-order valence-corrected chi connectivity index (χ0v) is 49.2. The first-order valence-electron chi connectivity index (χ1n) is 33.3. The summed E-state index contributed by atoms with van der Waals surface area (Å²) in [7, 11) is 0. The van der Waals surface area contributed by atoms with Crippen LogP contribution < -0.4 is 5.32 Å². The molecule has 0 aromatic carbocycles. The van der Waals surface area contributed by atoms with E-state index in [0.29, 0.717) is 25.9 Å². The number of rotatable bonds is 63. The molecule has 2 unspecified atom stereocenters. The van der Waals surface area contributed by atoms with Crippen molar-refractivity contribution in [1.29, 1.82) is 0 Å². The van der Waals surface area contributed by atoms with Crippen LogP contribution in [-0.4, -0.2) is 47.4 Å².